The number of carboxylic acid groups (broad SMARTS) is 1. The highest BCUT2D eigenvalue weighted by Gasteiger charge is 2.02. The summed E-state index contributed by atoms with van der Waals surface area (Å²) in [5.41, 5.74) is 1.95. The fraction of sp³-hybridized carbons (Fsp3) is 0.167. The van der Waals surface area contributed by atoms with Crippen LogP contribution >= 0.6 is 0 Å². The minimum atomic E-state index is -0.827. The van der Waals surface area contributed by atoms with E-state index < -0.39 is 5.97 Å². The van der Waals surface area contributed by atoms with Crippen molar-refractivity contribution in [1.29, 1.82) is 0 Å². The molecule has 0 aliphatic rings. The first-order valence-electron chi connectivity index (χ1n) is 5.32. The third-order valence-corrected chi connectivity index (χ3v) is 2.29. The Morgan fingerprint density at radius 1 is 1.35 bits per heavy atom. The fourth-order valence-corrected chi connectivity index (χ4v) is 1.46. The van der Waals surface area contributed by atoms with E-state index in [1.807, 2.05) is 30.3 Å². The predicted octanol–water partition coefficient (Wildman–Crippen LogP) is 1.96. The molecule has 17 heavy (non-hydrogen) atoms. The second-order valence-corrected chi connectivity index (χ2v) is 3.58. The highest BCUT2D eigenvalue weighted by Crippen LogP contribution is 2.17. The topological polar surface area (TPSA) is 78.0 Å². The van der Waals surface area contributed by atoms with Gasteiger partial charge in [0, 0.05) is 6.54 Å². The van der Waals surface area contributed by atoms with Gasteiger partial charge in [-0.15, -0.1) is 0 Å². The van der Waals surface area contributed by atoms with E-state index in [9.17, 15) is 4.79 Å². The van der Waals surface area contributed by atoms with E-state index >= 15 is 0 Å². The van der Waals surface area contributed by atoms with Crippen molar-refractivity contribution in [2.75, 3.05) is 11.9 Å². The average Bonchev–Trinajstić information content (AvgIpc) is 2.78. The van der Waals surface area contributed by atoms with Crippen molar-refractivity contribution >= 4 is 11.9 Å². The van der Waals surface area contributed by atoms with Crippen LogP contribution in [-0.2, 0) is 4.79 Å². The van der Waals surface area contributed by atoms with Crippen molar-refractivity contribution in [3.05, 3.63) is 36.5 Å². The van der Waals surface area contributed by atoms with Gasteiger partial charge in [-0.2, -0.15) is 0 Å². The number of hydrogen-bond acceptors (Lipinski definition) is 3. The van der Waals surface area contributed by atoms with Crippen LogP contribution < -0.4 is 5.32 Å². The molecule has 0 unspecified atom stereocenters. The number of aromatic amines is 1. The Hall–Kier alpha value is -2.30. The second-order valence-electron chi connectivity index (χ2n) is 3.58. The molecule has 3 N–H and O–H groups in total. The molecule has 0 saturated carbocycles. The molecule has 5 nitrogen and oxygen atoms in total. The van der Waals surface area contributed by atoms with E-state index in [0.29, 0.717) is 12.5 Å². The lowest BCUT2D eigenvalue weighted by Crippen LogP contribution is -2.08. The molecular formula is C12H13N3O2. The zero-order valence-electron chi connectivity index (χ0n) is 9.18. The lowest BCUT2D eigenvalue weighted by Gasteiger charge is -1.99. The smallest absolute Gasteiger partial charge is 0.305 e. The summed E-state index contributed by atoms with van der Waals surface area (Å²) in [6.45, 7) is 0.358. The summed E-state index contributed by atoms with van der Waals surface area (Å²) in [7, 11) is 0. The Morgan fingerprint density at radius 3 is 2.82 bits per heavy atom. The number of anilines is 1. The van der Waals surface area contributed by atoms with Gasteiger partial charge in [-0.1, -0.05) is 30.3 Å². The van der Waals surface area contributed by atoms with Gasteiger partial charge in [-0.25, -0.2) is 4.98 Å². The molecule has 0 radical (unpaired) electrons. The van der Waals surface area contributed by atoms with Crippen LogP contribution in [0.5, 0.6) is 0 Å². The molecule has 0 saturated heterocycles. The summed E-state index contributed by atoms with van der Waals surface area (Å²) in [4.78, 5) is 17.6. The first kappa shape index (κ1) is 11.2. The van der Waals surface area contributed by atoms with Gasteiger partial charge < -0.3 is 15.4 Å². The molecule has 1 aromatic heterocycles. The summed E-state index contributed by atoms with van der Waals surface area (Å²) < 4.78 is 0. The Kier molecular flexibility index (Phi) is 3.40. The van der Waals surface area contributed by atoms with Gasteiger partial charge in [0.1, 0.15) is 0 Å². The maximum Gasteiger partial charge on any atom is 0.305 e. The minimum Gasteiger partial charge on any atom is -0.481 e. The van der Waals surface area contributed by atoms with Gasteiger partial charge in [-0.3, -0.25) is 4.79 Å². The van der Waals surface area contributed by atoms with Crippen LogP contribution in [0.4, 0.5) is 5.95 Å². The number of aliphatic carboxylic acids is 1. The number of aromatic nitrogens is 2. The van der Waals surface area contributed by atoms with Crippen molar-refractivity contribution in [2.24, 2.45) is 0 Å². The normalized spacial score (nSPS) is 10.1. The first-order valence-corrected chi connectivity index (χ1v) is 5.32. The Bertz CT molecular complexity index is 493. The van der Waals surface area contributed by atoms with E-state index in [0.717, 1.165) is 11.3 Å². The van der Waals surface area contributed by atoms with E-state index in [-0.39, 0.29) is 6.42 Å². The van der Waals surface area contributed by atoms with Gasteiger partial charge in [0.15, 0.2) is 0 Å². The molecule has 0 aliphatic heterocycles. The lowest BCUT2D eigenvalue weighted by molar-refractivity contribution is -0.136. The third-order valence-electron chi connectivity index (χ3n) is 2.29. The van der Waals surface area contributed by atoms with Crippen molar-refractivity contribution in [1.82, 2.24) is 9.97 Å². The molecule has 0 atom stereocenters. The lowest BCUT2D eigenvalue weighted by atomic mass is 10.2. The van der Waals surface area contributed by atoms with Crippen molar-refractivity contribution in [3.8, 4) is 11.3 Å². The number of benzene rings is 1. The number of H-pyrrole nitrogens is 1. The van der Waals surface area contributed by atoms with Crippen LogP contribution in [0, 0.1) is 0 Å². The molecule has 0 amide bonds. The predicted molar refractivity (Wildman–Crippen MR) is 64.8 cm³/mol. The highest BCUT2D eigenvalue weighted by atomic mass is 16.4. The quantitative estimate of drug-likeness (QED) is 0.735. The van der Waals surface area contributed by atoms with Crippen LogP contribution in [0.1, 0.15) is 6.42 Å². The zero-order valence-corrected chi connectivity index (χ0v) is 9.18. The maximum absolute atomic E-state index is 10.3. The molecule has 1 heterocycles. The number of carbonyl (C=O) groups is 1. The van der Waals surface area contributed by atoms with E-state index in [4.69, 9.17) is 5.11 Å². The van der Waals surface area contributed by atoms with Crippen molar-refractivity contribution in [3.63, 3.8) is 0 Å². The molecule has 0 spiro atoms. The van der Waals surface area contributed by atoms with Crippen molar-refractivity contribution in [2.45, 2.75) is 6.42 Å². The van der Waals surface area contributed by atoms with Gasteiger partial charge in [0.2, 0.25) is 5.95 Å². The summed E-state index contributed by atoms with van der Waals surface area (Å²) >= 11 is 0. The van der Waals surface area contributed by atoms with E-state index in [1.165, 1.54) is 0 Å². The number of nitrogens with one attached hydrogen (secondary N) is 2. The zero-order chi connectivity index (χ0) is 12.1. The van der Waals surface area contributed by atoms with Crippen LogP contribution in [0.2, 0.25) is 0 Å². The Balaban J connectivity index is 1.99. The summed E-state index contributed by atoms with van der Waals surface area (Å²) in [5, 5.41) is 11.4. The van der Waals surface area contributed by atoms with Gasteiger partial charge in [0.25, 0.3) is 0 Å². The summed E-state index contributed by atoms with van der Waals surface area (Å²) in [5.74, 6) is -0.238. The van der Waals surface area contributed by atoms with Crippen LogP contribution in [0.3, 0.4) is 0 Å². The van der Waals surface area contributed by atoms with Crippen LogP contribution in [0.25, 0.3) is 11.3 Å². The minimum absolute atomic E-state index is 0.0708. The monoisotopic (exact) mass is 231 g/mol. The molecule has 1 aromatic carbocycles. The van der Waals surface area contributed by atoms with E-state index in [1.54, 1.807) is 6.20 Å². The number of hydrogen-bond donors (Lipinski definition) is 3. The van der Waals surface area contributed by atoms with Gasteiger partial charge in [0.05, 0.1) is 18.3 Å². The first-order chi connectivity index (χ1) is 8.25. The summed E-state index contributed by atoms with van der Waals surface area (Å²) in [6.07, 6.45) is 1.79. The molecule has 2 aromatic rings. The van der Waals surface area contributed by atoms with Crippen LogP contribution in [0.15, 0.2) is 36.5 Å². The molecule has 2 rings (SSSR count). The second kappa shape index (κ2) is 5.16. The van der Waals surface area contributed by atoms with E-state index in [2.05, 4.69) is 15.3 Å². The summed E-state index contributed by atoms with van der Waals surface area (Å²) in [6, 6.07) is 9.82. The largest absolute Gasteiger partial charge is 0.481 e. The number of carboxylic acids is 1. The van der Waals surface area contributed by atoms with Crippen LogP contribution in [-0.4, -0.2) is 27.6 Å². The average molecular weight is 231 g/mol. The standard InChI is InChI=1S/C12H13N3O2/c16-11(17)6-7-13-12-14-8-10(15-12)9-4-2-1-3-5-9/h1-5,8H,6-7H2,(H,16,17)(H2,13,14,15). The molecule has 0 bridgehead atoms. The third kappa shape index (κ3) is 3.07. The molecule has 0 fully saturated rings. The highest BCUT2D eigenvalue weighted by molar-refractivity contribution is 5.67. The molecule has 5 heteroatoms. The Labute approximate surface area is 98.5 Å². The van der Waals surface area contributed by atoms with Gasteiger partial charge >= 0.3 is 5.97 Å². The molecule has 88 valence electrons. The number of rotatable bonds is 5. The fourth-order valence-electron chi connectivity index (χ4n) is 1.46. The van der Waals surface area contributed by atoms with Gasteiger partial charge in [-0.05, 0) is 5.56 Å². The molecule has 0 aliphatic carbocycles. The maximum atomic E-state index is 10.3. The Morgan fingerprint density at radius 2 is 2.12 bits per heavy atom. The number of imidazole rings is 1. The molecular weight excluding hydrogens is 218 g/mol. The SMILES string of the molecule is O=C(O)CCNc1ncc(-c2ccccc2)[nH]1. The number of nitrogens with zero attached hydrogens (tertiary/aromatic N) is 1. The van der Waals surface area contributed by atoms with Crippen molar-refractivity contribution < 1.29 is 9.90 Å².